The van der Waals surface area contributed by atoms with E-state index >= 15 is 0 Å². The Bertz CT molecular complexity index is 452. The molecule has 0 aromatic heterocycles. The van der Waals surface area contributed by atoms with Gasteiger partial charge < -0.3 is 40.9 Å². The normalized spacial score (nSPS) is 10.4. The molecule has 0 aliphatic rings. The van der Waals surface area contributed by atoms with Crippen LogP contribution in [-0.4, -0.2) is 91.2 Å². The predicted molar refractivity (Wildman–Crippen MR) is 123 cm³/mol. The molecule has 0 amide bonds. The number of carbonyl (C=O) groups is 4. The fourth-order valence-electron chi connectivity index (χ4n) is 1.20. The molecule has 12 heteroatoms. The van der Waals surface area contributed by atoms with Crippen LogP contribution in [0, 0.1) is 10.8 Å². The van der Waals surface area contributed by atoms with Gasteiger partial charge >= 0.3 is 23.9 Å². The molecule has 0 aromatic carbocycles. The maximum atomic E-state index is 9.90. The minimum absolute atomic E-state index is 0.0451. The molecule has 0 unspecified atom stereocenters. The van der Waals surface area contributed by atoms with Gasteiger partial charge in [-0.1, -0.05) is 27.7 Å². The number of unbranched alkanes of at least 4 members (excludes halogenated alkanes) is 2. The molecule has 0 radical (unpaired) electrons. The second kappa shape index (κ2) is 23.9. The number of rotatable bonds is 14. The van der Waals surface area contributed by atoms with Gasteiger partial charge in [0.2, 0.25) is 0 Å². The largest absolute Gasteiger partial charge is 0.481 e. The van der Waals surface area contributed by atoms with Crippen LogP contribution < -0.4 is 0 Å². The van der Waals surface area contributed by atoms with Gasteiger partial charge in [-0.3, -0.25) is 19.2 Å². The number of aliphatic hydroxyl groups is 4. The number of hydrogen-bond acceptors (Lipinski definition) is 8. The molecule has 0 heterocycles. The lowest BCUT2D eigenvalue weighted by Gasteiger charge is -2.16. The lowest BCUT2D eigenvalue weighted by atomic mass is 9.97. The Kier molecular flexibility index (Phi) is 27.3. The van der Waals surface area contributed by atoms with E-state index in [0.717, 1.165) is 0 Å². The molecule has 0 bridgehead atoms. The van der Waals surface area contributed by atoms with E-state index in [1.165, 1.54) is 0 Å². The van der Waals surface area contributed by atoms with E-state index in [-0.39, 0.29) is 62.9 Å². The predicted octanol–water partition coefficient (Wildman–Crippen LogP) is 1.43. The molecule has 34 heavy (non-hydrogen) atoms. The SMILES string of the molecule is CC(C)(CO)CO.CC(C)(CO)CO.O=C(O)CCCCC(=O)O.O=C(O)CCCCC(=O)O. The molecule has 0 atom stereocenters. The summed E-state index contributed by atoms with van der Waals surface area (Å²) in [6, 6.07) is 0. The van der Waals surface area contributed by atoms with Crippen molar-refractivity contribution >= 4 is 23.9 Å². The summed E-state index contributed by atoms with van der Waals surface area (Å²) in [6.45, 7) is 7.38. The van der Waals surface area contributed by atoms with Crippen LogP contribution in [0.25, 0.3) is 0 Å². The second-order valence-electron chi connectivity index (χ2n) is 8.95. The van der Waals surface area contributed by atoms with Crippen molar-refractivity contribution in [2.45, 2.75) is 79.1 Å². The number of hydrogen-bond donors (Lipinski definition) is 8. The summed E-state index contributed by atoms with van der Waals surface area (Å²) in [7, 11) is 0. The summed E-state index contributed by atoms with van der Waals surface area (Å²) in [5, 5.41) is 66.3. The molecule has 0 saturated heterocycles. The number of carboxylic acids is 4. The zero-order chi connectivity index (χ0) is 27.8. The molecule has 0 aliphatic heterocycles. The second-order valence-corrected chi connectivity index (χ2v) is 8.95. The van der Waals surface area contributed by atoms with E-state index in [1.54, 1.807) is 27.7 Å². The van der Waals surface area contributed by atoms with Crippen molar-refractivity contribution in [3.8, 4) is 0 Å². The topological polar surface area (TPSA) is 230 Å². The molecular formula is C22H44O12. The van der Waals surface area contributed by atoms with E-state index in [4.69, 9.17) is 40.9 Å². The van der Waals surface area contributed by atoms with Crippen molar-refractivity contribution in [3.05, 3.63) is 0 Å². The smallest absolute Gasteiger partial charge is 0.303 e. The van der Waals surface area contributed by atoms with Gasteiger partial charge in [0.15, 0.2) is 0 Å². The highest BCUT2D eigenvalue weighted by atomic mass is 16.4. The Hall–Kier alpha value is -2.28. The van der Waals surface area contributed by atoms with Crippen LogP contribution in [0.15, 0.2) is 0 Å². The fraction of sp³-hybridized carbons (Fsp3) is 0.818. The van der Waals surface area contributed by atoms with Gasteiger partial charge in [-0.15, -0.1) is 0 Å². The van der Waals surface area contributed by atoms with Crippen molar-refractivity contribution in [3.63, 3.8) is 0 Å². The Morgan fingerprint density at radius 3 is 0.647 bits per heavy atom. The van der Waals surface area contributed by atoms with Gasteiger partial charge in [-0.2, -0.15) is 0 Å². The fourth-order valence-corrected chi connectivity index (χ4v) is 1.20. The van der Waals surface area contributed by atoms with Crippen molar-refractivity contribution < 1.29 is 60.0 Å². The first-order chi connectivity index (χ1) is 15.5. The van der Waals surface area contributed by atoms with Crippen LogP contribution in [-0.2, 0) is 19.2 Å². The molecule has 0 fully saturated rings. The zero-order valence-electron chi connectivity index (χ0n) is 20.7. The molecule has 0 spiro atoms. The van der Waals surface area contributed by atoms with Crippen molar-refractivity contribution in [1.82, 2.24) is 0 Å². The molecule has 204 valence electrons. The maximum absolute atomic E-state index is 9.90. The maximum Gasteiger partial charge on any atom is 0.303 e. The Morgan fingerprint density at radius 1 is 0.441 bits per heavy atom. The zero-order valence-corrected chi connectivity index (χ0v) is 20.7. The monoisotopic (exact) mass is 500 g/mol. The quantitative estimate of drug-likeness (QED) is 0.158. The van der Waals surface area contributed by atoms with Crippen LogP contribution in [0.2, 0.25) is 0 Å². The molecule has 12 nitrogen and oxygen atoms in total. The molecule has 0 rings (SSSR count). The first-order valence-corrected chi connectivity index (χ1v) is 10.8. The minimum Gasteiger partial charge on any atom is -0.481 e. The Morgan fingerprint density at radius 2 is 0.588 bits per heavy atom. The highest BCUT2D eigenvalue weighted by Crippen LogP contribution is 2.10. The van der Waals surface area contributed by atoms with Crippen molar-refractivity contribution in [2.75, 3.05) is 26.4 Å². The highest BCUT2D eigenvalue weighted by molar-refractivity contribution is 5.68. The van der Waals surface area contributed by atoms with E-state index in [1.807, 2.05) is 0 Å². The third-order valence-corrected chi connectivity index (χ3v) is 3.77. The number of aliphatic carboxylic acids is 4. The van der Waals surface area contributed by atoms with Crippen molar-refractivity contribution in [2.24, 2.45) is 10.8 Å². The molecule has 0 saturated carbocycles. The van der Waals surface area contributed by atoms with E-state index < -0.39 is 23.9 Å². The lowest BCUT2D eigenvalue weighted by Crippen LogP contribution is -2.20. The summed E-state index contributed by atoms with van der Waals surface area (Å²) in [4.78, 5) is 39.6. The average molecular weight is 501 g/mol. The van der Waals surface area contributed by atoms with Gasteiger partial charge in [0.25, 0.3) is 0 Å². The highest BCUT2D eigenvalue weighted by Gasteiger charge is 2.13. The Balaban J connectivity index is -0.000000179. The third kappa shape index (κ3) is 43.6. The number of carboxylic acid groups (broad SMARTS) is 4. The van der Waals surface area contributed by atoms with Crippen LogP contribution in [0.5, 0.6) is 0 Å². The van der Waals surface area contributed by atoms with Crippen LogP contribution >= 0.6 is 0 Å². The number of aliphatic hydroxyl groups excluding tert-OH is 4. The van der Waals surface area contributed by atoms with Gasteiger partial charge in [0.1, 0.15) is 0 Å². The van der Waals surface area contributed by atoms with Crippen LogP contribution in [0.1, 0.15) is 79.1 Å². The summed E-state index contributed by atoms with van der Waals surface area (Å²) >= 11 is 0. The summed E-state index contributed by atoms with van der Waals surface area (Å²) in [5.41, 5.74) is -0.611. The lowest BCUT2D eigenvalue weighted by molar-refractivity contribution is -0.139. The Labute approximate surface area is 200 Å². The minimum atomic E-state index is -0.870. The van der Waals surface area contributed by atoms with E-state index in [2.05, 4.69) is 0 Å². The van der Waals surface area contributed by atoms with Crippen LogP contribution in [0.4, 0.5) is 0 Å². The van der Waals surface area contributed by atoms with Crippen LogP contribution in [0.3, 0.4) is 0 Å². The van der Waals surface area contributed by atoms with E-state index in [9.17, 15) is 19.2 Å². The summed E-state index contributed by atoms with van der Waals surface area (Å²) < 4.78 is 0. The molecule has 8 N–H and O–H groups in total. The first-order valence-electron chi connectivity index (χ1n) is 10.8. The molecule has 0 aromatic rings. The third-order valence-electron chi connectivity index (χ3n) is 3.77. The van der Waals surface area contributed by atoms with Gasteiger partial charge in [0, 0.05) is 36.5 Å². The first kappa shape index (κ1) is 39.0. The standard InChI is InChI=1S/2C6H10O4.2C5H12O2/c2*7-5(8)3-1-2-4-6(9)10;2*1-5(2,3-6)4-7/h2*1-4H2,(H,7,8)(H,9,10);2*6-7H,3-4H2,1-2H3. The van der Waals surface area contributed by atoms with Gasteiger partial charge in [-0.05, 0) is 25.7 Å². The average Bonchev–Trinajstić information content (AvgIpc) is 2.75. The summed E-state index contributed by atoms with van der Waals surface area (Å²) in [6.07, 6.45) is 2.04. The van der Waals surface area contributed by atoms with Gasteiger partial charge in [-0.25, -0.2) is 0 Å². The molecular weight excluding hydrogens is 456 g/mol. The van der Waals surface area contributed by atoms with Crippen molar-refractivity contribution in [1.29, 1.82) is 0 Å². The van der Waals surface area contributed by atoms with E-state index in [0.29, 0.717) is 25.7 Å². The molecule has 0 aliphatic carbocycles. The van der Waals surface area contributed by atoms with Gasteiger partial charge in [0.05, 0.1) is 26.4 Å². The summed E-state index contributed by atoms with van der Waals surface area (Å²) in [5.74, 6) is -3.48.